The number of carbonyl (C=O) groups excluding carboxylic acids is 1. The zero-order chi connectivity index (χ0) is 19.3. The van der Waals surface area contributed by atoms with Crippen LogP contribution in [-0.4, -0.2) is 15.0 Å². The SMILES string of the molecule is Cc1cccc(NC(=O)c2cc3c(c4ccccc4n3C(C)C)n2C)c1C. The van der Waals surface area contributed by atoms with Gasteiger partial charge in [-0.1, -0.05) is 30.3 Å². The van der Waals surface area contributed by atoms with E-state index in [-0.39, 0.29) is 5.91 Å². The van der Waals surface area contributed by atoms with Gasteiger partial charge in [0.05, 0.1) is 16.6 Å². The second-order valence-electron chi connectivity index (χ2n) is 7.50. The summed E-state index contributed by atoms with van der Waals surface area (Å²) >= 11 is 0. The number of hydrogen-bond acceptors (Lipinski definition) is 1. The number of amides is 1. The molecule has 2 aromatic heterocycles. The van der Waals surface area contributed by atoms with E-state index < -0.39 is 0 Å². The normalized spacial score (nSPS) is 11.6. The van der Waals surface area contributed by atoms with Gasteiger partial charge in [-0.25, -0.2) is 0 Å². The number of para-hydroxylation sites is 1. The molecule has 0 saturated heterocycles. The third-order valence-corrected chi connectivity index (χ3v) is 5.49. The van der Waals surface area contributed by atoms with Crippen LogP contribution in [0.1, 0.15) is 41.5 Å². The van der Waals surface area contributed by atoms with Gasteiger partial charge in [-0.05, 0) is 57.0 Å². The minimum atomic E-state index is -0.0817. The van der Waals surface area contributed by atoms with Gasteiger partial charge >= 0.3 is 0 Å². The predicted octanol–water partition coefficient (Wildman–Crippen LogP) is 5.58. The fraction of sp³-hybridized carbons (Fsp3) is 0.261. The highest BCUT2D eigenvalue weighted by molar-refractivity contribution is 6.12. The fourth-order valence-electron chi connectivity index (χ4n) is 3.95. The van der Waals surface area contributed by atoms with Crippen molar-refractivity contribution in [2.24, 2.45) is 7.05 Å². The first-order valence-corrected chi connectivity index (χ1v) is 9.36. The summed E-state index contributed by atoms with van der Waals surface area (Å²) in [6, 6.07) is 16.7. The number of anilines is 1. The Kier molecular flexibility index (Phi) is 4.06. The van der Waals surface area contributed by atoms with Crippen molar-refractivity contribution in [3.8, 4) is 0 Å². The number of benzene rings is 2. The van der Waals surface area contributed by atoms with Crippen LogP contribution in [0.25, 0.3) is 21.9 Å². The topological polar surface area (TPSA) is 39.0 Å². The molecule has 138 valence electrons. The number of carbonyl (C=O) groups is 1. The van der Waals surface area contributed by atoms with Gasteiger partial charge in [0, 0.05) is 24.2 Å². The first-order valence-electron chi connectivity index (χ1n) is 9.36. The molecule has 2 heterocycles. The molecule has 0 aliphatic carbocycles. The van der Waals surface area contributed by atoms with E-state index in [2.05, 4.69) is 61.0 Å². The number of nitrogens with one attached hydrogen (secondary N) is 1. The molecule has 0 radical (unpaired) electrons. The summed E-state index contributed by atoms with van der Waals surface area (Å²) in [5.41, 5.74) is 7.20. The monoisotopic (exact) mass is 359 g/mol. The molecule has 4 nitrogen and oxygen atoms in total. The zero-order valence-electron chi connectivity index (χ0n) is 16.5. The van der Waals surface area contributed by atoms with Crippen LogP contribution in [0.15, 0.2) is 48.5 Å². The molecule has 1 amide bonds. The lowest BCUT2D eigenvalue weighted by Crippen LogP contribution is -2.16. The first kappa shape index (κ1) is 17.4. The first-order chi connectivity index (χ1) is 12.9. The van der Waals surface area contributed by atoms with Gasteiger partial charge in [0.2, 0.25) is 0 Å². The molecule has 27 heavy (non-hydrogen) atoms. The van der Waals surface area contributed by atoms with Crippen LogP contribution in [0.4, 0.5) is 5.69 Å². The Balaban J connectivity index is 1.86. The second kappa shape index (κ2) is 6.31. The lowest BCUT2D eigenvalue weighted by Gasteiger charge is -2.12. The third kappa shape index (κ3) is 2.64. The molecule has 4 aromatic rings. The van der Waals surface area contributed by atoms with E-state index in [1.54, 1.807) is 0 Å². The minimum absolute atomic E-state index is 0.0817. The summed E-state index contributed by atoms with van der Waals surface area (Å²) in [4.78, 5) is 13.0. The van der Waals surface area contributed by atoms with E-state index in [1.807, 2.05) is 36.7 Å². The van der Waals surface area contributed by atoms with Crippen molar-refractivity contribution in [2.45, 2.75) is 33.7 Å². The summed E-state index contributed by atoms with van der Waals surface area (Å²) in [7, 11) is 1.97. The molecule has 0 saturated carbocycles. The summed E-state index contributed by atoms with van der Waals surface area (Å²) in [5, 5.41) is 4.26. The van der Waals surface area contributed by atoms with Crippen LogP contribution in [0.2, 0.25) is 0 Å². The van der Waals surface area contributed by atoms with E-state index in [0.717, 1.165) is 22.3 Å². The molecular weight excluding hydrogens is 334 g/mol. The lowest BCUT2D eigenvalue weighted by atomic mass is 10.1. The second-order valence-corrected chi connectivity index (χ2v) is 7.50. The van der Waals surface area contributed by atoms with Crippen LogP contribution in [0.3, 0.4) is 0 Å². The standard InChI is InChI=1S/C23H25N3O/c1-14(2)26-19-12-7-6-10-17(19)22-20(26)13-21(25(22)5)23(27)24-18-11-8-9-15(3)16(18)4/h6-14H,1-5H3,(H,24,27). The van der Waals surface area contributed by atoms with Crippen LogP contribution < -0.4 is 5.32 Å². The Morgan fingerprint density at radius 2 is 1.74 bits per heavy atom. The number of hydrogen-bond donors (Lipinski definition) is 1. The molecule has 0 fully saturated rings. The van der Waals surface area contributed by atoms with Gasteiger partial charge in [0.1, 0.15) is 5.69 Å². The zero-order valence-corrected chi connectivity index (χ0v) is 16.5. The van der Waals surface area contributed by atoms with Crippen molar-refractivity contribution < 1.29 is 4.79 Å². The van der Waals surface area contributed by atoms with Crippen molar-refractivity contribution in [1.29, 1.82) is 0 Å². The number of fused-ring (bicyclic) bond motifs is 3. The highest BCUT2D eigenvalue weighted by Gasteiger charge is 2.21. The average Bonchev–Trinajstić information content (AvgIpc) is 3.13. The molecule has 0 spiro atoms. The maximum absolute atomic E-state index is 13.0. The van der Waals surface area contributed by atoms with Crippen molar-refractivity contribution >= 4 is 33.5 Å². The van der Waals surface area contributed by atoms with Crippen molar-refractivity contribution in [2.75, 3.05) is 5.32 Å². The van der Waals surface area contributed by atoms with Crippen LogP contribution in [0, 0.1) is 13.8 Å². The van der Waals surface area contributed by atoms with E-state index in [9.17, 15) is 4.79 Å². The third-order valence-electron chi connectivity index (χ3n) is 5.49. The number of aryl methyl sites for hydroxylation is 2. The molecule has 0 aliphatic rings. The van der Waals surface area contributed by atoms with Gasteiger partial charge in [-0.15, -0.1) is 0 Å². The summed E-state index contributed by atoms with van der Waals surface area (Å²) in [6.45, 7) is 8.44. The molecule has 0 aliphatic heterocycles. The Hall–Kier alpha value is -3.01. The molecule has 4 rings (SSSR count). The van der Waals surface area contributed by atoms with Gasteiger partial charge in [-0.2, -0.15) is 0 Å². The Morgan fingerprint density at radius 3 is 2.48 bits per heavy atom. The Labute approximate surface area is 159 Å². The molecule has 0 atom stereocenters. The molecular formula is C23H25N3O. The molecule has 1 N–H and O–H groups in total. The fourth-order valence-corrected chi connectivity index (χ4v) is 3.95. The summed E-state index contributed by atoms with van der Waals surface area (Å²) in [6.07, 6.45) is 0. The van der Waals surface area contributed by atoms with E-state index in [1.165, 1.54) is 16.5 Å². The molecule has 2 aromatic carbocycles. The molecule has 0 unspecified atom stereocenters. The molecule has 0 bridgehead atoms. The Bertz CT molecular complexity index is 1180. The smallest absolute Gasteiger partial charge is 0.272 e. The average molecular weight is 359 g/mol. The maximum Gasteiger partial charge on any atom is 0.272 e. The summed E-state index contributed by atoms with van der Waals surface area (Å²) < 4.78 is 4.32. The molecule has 4 heteroatoms. The van der Waals surface area contributed by atoms with Gasteiger partial charge < -0.3 is 14.5 Å². The van der Waals surface area contributed by atoms with Crippen molar-refractivity contribution in [1.82, 2.24) is 9.13 Å². The predicted molar refractivity (Wildman–Crippen MR) is 113 cm³/mol. The summed E-state index contributed by atoms with van der Waals surface area (Å²) in [5.74, 6) is -0.0817. The van der Waals surface area contributed by atoms with E-state index in [0.29, 0.717) is 11.7 Å². The van der Waals surface area contributed by atoms with Crippen LogP contribution in [-0.2, 0) is 7.05 Å². The van der Waals surface area contributed by atoms with Gasteiger partial charge in [0.15, 0.2) is 0 Å². The van der Waals surface area contributed by atoms with E-state index >= 15 is 0 Å². The minimum Gasteiger partial charge on any atom is -0.338 e. The van der Waals surface area contributed by atoms with Crippen molar-refractivity contribution in [3.05, 3.63) is 65.4 Å². The highest BCUT2D eigenvalue weighted by atomic mass is 16.1. The van der Waals surface area contributed by atoms with Crippen LogP contribution >= 0.6 is 0 Å². The largest absolute Gasteiger partial charge is 0.338 e. The van der Waals surface area contributed by atoms with E-state index in [4.69, 9.17) is 0 Å². The highest BCUT2D eigenvalue weighted by Crippen LogP contribution is 2.34. The van der Waals surface area contributed by atoms with Crippen molar-refractivity contribution in [3.63, 3.8) is 0 Å². The van der Waals surface area contributed by atoms with Gasteiger partial charge in [0.25, 0.3) is 5.91 Å². The maximum atomic E-state index is 13.0. The quantitative estimate of drug-likeness (QED) is 0.509. The number of nitrogens with zero attached hydrogens (tertiary/aromatic N) is 2. The number of aromatic nitrogens is 2. The number of rotatable bonds is 3. The lowest BCUT2D eigenvalue weighted by molar-refractivity contribution is 0.101. The van der Waals surface area contributed by atoms with Crippen LogP contribution in [0.5, 0.6) is 0 Å². The van der Waals surface area contributed by atoms with Gasteiger partial charge in [-0.3, -0.25) is 4.79 Å². The Morgan fingerprint density at radius 1 is 1.00 bits per heavy atom.